The van der Waals surface area contributed by atoms with Crippen molar-refractivity contribution >= 4 is 21.7 Å². The Labute approximate surface area is 97.7 Å². The number of hydrogen-bond acceptors (Lipinski definition) is 6. The van der Waals surface area contributed by atoms with Crippen LogP contribution in [0.25, 0.3) is 0 Å². The van der Waals surface area contributed by atoms with E-state index in [1.807, 2.05) is 0 Å². The van der Waals surface area contributed by atoms with Gasteiger partial charge in [-0.05, 0) is 13.0 Å². The van der Waals surface area contributed by atoms with E-state index in [0.717, 1.165) is 0 Å². The van der Waals surface area contributed by atoms with Gasteiger partial charge >= 0.3 is 0 Å². The van der Waals surface area contributed by atoms with Gasteiger partial charge in [0.1, 0.15) is 11.6 Å². The van der Waals surface area contributed by atoms with Gasteiger partial charge in [-0.25, -0.2) is 13.4 Å². The molecule has 2 heterocycles. The van der Waals surface area contributed by atoms with Crippen molar-refractivity contribution in [1.82, 2.24) is 10.1 Å². The van der Waals surface area contributed by atoms with Crippen molar-refractivity contribution in [3.63, 3.8) is 0 Å². The maximum Gasteiger partial charge on any atom is 0.263 e. The first-order valence-electron chi connectivity index (χ1n) is 4.65. The molecule has 2 aromatic heterocycles. The number of anilines is 2. The van der Waals surface area contributed by atoms with Crippen LogP contribution >= 0.6 is 0 Å². The highest BCUT2D eigenvalue weighted by molar-refractivity contribution is 7.92. The maximum absolute atomic E-state index is 11.9. The molecule has 0 radical (unpaired) electrons. The molecule has 0 aliphatic heterocycles. The lowest BCUT2D eigenvalue weighted by atomic mass is 10.5. The lowest BCUT2D eigenvalue weighted by molar-refractivity contribution is 0.400. The monoisotopic (exact) mass is 254 g/mol. The molecule has 17 heavy (non-hydrogen) atoms. The number of sulfonamides is 1. The van der Waals surface area contributed by atoms with Crippen LogP contribution in [0.15, 0.2) is 33.8 Å². The molecule has 0 aromatic carbocycles. The van der Waals surface area contributed by atoms with Gasteiger partial charge < -0.3 is 10.3 Å². The number of nitrogens with zero attached hydrogens (tertiary/aromatic N) is 2. The highest BCUT2D eigenvalue weighted by Crippen LogP contribution is 2.16. The molecule has 0 aliphatic carbocycles. The van der Waals surface area contributed by atoms with Crippen molar-refractivity contribution in [1.29, 1.82) is 0 Å². The first kappa shape index (κ1) is 11.4. The van der Waals surface area contributed by atoms with Crippen molar-refractivity contribution in [3.8, 4) is 0 Å². The Balaban J connectivity index is 2.31. The van der Waals surface area contributed by atoms with Crippen molar-refractivity contribution in [2.75, 3.05) is 10.5 Å². The molecule has 0 atom stereocenters. The summed E-state index contributed by atoms with van der Waals surface area (Å²) in [4.78, 5) is 3.74. The summed E-state index contributed by atoms with van der Waals surface area (Å²) in [5.41, 5.74) is 5.42. The molecule has 0 unspecified atom stereocenters. The Morgan fingerprint density at radius 2 is 2.18 bits per heavy atom. The second-order valence-electron chi connectivity index (χ2n) is 3.34. The first-order valence-corrected chi connectivity index (χ1v) is 6.13. The molecule has 0 saturated carbocycles. The van der Waals surface area contributed by atoms with Gasteiger partial charge in [0.15, 0.2) is 5.82 Å². The summed E-state index contributed by atoms with van der Waals surface area (Å²) in [7, 11) is -3.71. The zero-order chi connectivity index (χ0) is 12.5. The lowest BCUT2D eigenvalue weighted by Crippen LogP contribution is -2.13. The third-order valence-corrected chi connectivity index (χ3v) is 3.28. The number of rotatable bonds is 3. The van der Waals surface area contributed by atoms with Gasteiger partial charge in [-0.2, -0.15) is 0 Å². The average Bonchev–Trinajstić information content (AvgIpc) is 2.63. The second-order valence-corrected chi connectivity index (χ2v) is 5.03. The summed E-state index contributed by atoms with van der Waals surface area (Å²) in [6.07, 6.45) is 1.32. The average molecular weight is 254 g/mol. The number of nitrogens with two attached hydrogens (primary N) is 1. The molecule has 0 spiro atoms. The highest BCUT2D eigenvalue weighted by atomic mass is 32.2. The van der Waals surface area contributed by atoms with E-state index in [0.29, 0.717) is 5.76 Å². The van der Waals surface area contributed by atoms with Crippen LogP contribution in [0.2, 0.25) is 0 Å². The number of aromatic nitrogens is 2. The predicted octanol–water partition coefficient (Wildman–Crippen LogP) is 0.761. The molecule has 2 aromatic rings. The van der Waals surface area contributed by atoms with E-state index < -0.39 is 10.0 Å². The number of nitrogens with one attached hydrogen (secondary N) is 1. The molecule has 90 valence electrons. The van der Waals surface area contributed by atoms with E-state index >= 15 is 0 Å². The zero-order valence-corrected chi connectivity index (χ0v) is 9.73. The molecular weight excluding hydrogens is 244 g/mol. The van der Waals surface area contributed by atoms with E-state index in [2.05, 4.69) is 14.9 Å². The molecule has 2 rings (SSSR count). The molecule has 8 heteroatoms. The zero-order valence-electron chi connectivity index (χ0n) is 8.91. The number of pyridine rings is 1. The fourth-order valence-electron chi connectivity index (χ4n) is 1.21. The largest absolute Gasteiger partial charge is 0.384 e. The van der Waals surface area contributed by atoms with E-state index in [9.17, 15) is 8.42 Å². The molecule has 3 N–H and O–H groups in total. The van der Waals surface area contributed by atoms with Gasteiger partial charge in [0.05, 0.1) is 4.90 Å². The van der Waals surface area contributed by atoms with Gasteiger partial charge in [-0.15, -0.1) is 0 Å². The summed E-state index contributed by atoms with van der Waals surface area (Å²) in [5, 5.41) is 3.54. The summed E-state index contributed by atoms with van der Waals surface area (Å²) < 4.78 is 30.8. The summed E-state index contributed by atoms with van der Waals surface area (Å²) in [6.45, 7) is 1.66. The Morgan fingerprint density at radius 1 is 1.41 bits per heavy atom. The van der Waals surface area contributed by atoms with Crippen LogP contribution in [-0.4, -0.2) is 18.6 Å². The topological polar surface area (TPSA) is 111 Å². The van der Waals surface area contributed by atoms with Crippen LogP contribution in [0.3, 0.4) is 0 Å². The van der Waals surface area contributed by atoms with Crippen molar-refractivity contribution in [3.05, 3.63) is 30.2 Å². The van der Waals surface area contributed by atoms with Crippen LogP contribution in [0.1, 0.15) is 5.76 Å². The maximum atomic E-state index is 11.9. The van der Waals surface area contributed by atoms with Crippen LogP contribution in [0.4, 0.5) is 11.6 Å². The summed E-state index contributed by atoms with van der Waals surface area (Å²) in [5.74, 6) is 0.763. The van der Waals surface area contributed by atoms with Gasteiger partial charge in [-0.3, -0.25) is 4.72 Å². The Bertz CT molecular complexity index is 635. The van der Waals surface area contributed by atoms with E-state index in [1.54, 1.807) is 6.92 Å². The van der Waals surface area contributed by atoms with E-state index in [1.165, 1.54) is 24.4 Å². The van der Waals surface area contributed by atoms with Crippen LogP contribution in [-0.2, 0) is 10.0 Å². The Morgan fingerprint density at radius 3 is 2.76 bits per heavy atom. The minimum Gasteiger partial charge on any atom is -0.384 e. The van der Waals surface area contributed by atoms with E-state index in [-0.39, 0.29) is 16.5 Å². The van der Waals surface area contributed by atoms with Gasteiger partial charge in [0.25, 0.3) is 10.0 Å². The standard InChI is InChI=1S/C9H10N4O3S/c1-6-4-9(12-16-6)13-17(14,15)7-2-3-11-8(10)5-7/h2-5H,1H3,(H2,10,11)(H,12,13). The Hall–Kier alpha value is -2.09. The molecule has 7 nitrogen and oxygen atoms in total. The van der Waals surface area contributed by atoms with Gasteiger partial charge in [-0.1, -0.05) is 5.16 Å². The highest BCUT2D eigenvalue weighted by Gasteiger charge is 2.16. The fourth-order valence-corrected chi connectivity index (χ4v) is 2.21. The van der Waals surface area contributed by atoms with E-state index in [4.69, 9.17) is 10.3 Å². The van der Waals surface area contributed by atoms with Gasteiger partial charge in [0, 0.05) is 18.3 Å². The molecule has 0 bridgehead atoms. The fraction of sp³-hybridized carbons (Fsp3) is 0.111. The normalized spacial score (nSPS) is 11.4. The smallest absolute Gasteiger partial charge is 0.263 e. The molecular formula is C9H10N4O3S. The minimum absolute atomic E-state index is 0.0191. The van der Waals surface area contributed by atoms with Gasteiger partial charge in [0.2, 0.25) is 0 Å². The quantitative estimate of drug-likeness (QED) is 0.836. The number of aryl methyl sites for hydroxylation is 1. The Kier molecular flexibility index (Phi) is 2.72. The molecule has 0 fully saturated rings. The summed E-state index contributed by atoms with van der Waals surface area (Å²) in [6, 6.07) is 4.07. The second kappa shape index (κ2) is 4.06. The molecule has 0 saturated heterocycles. The third kappa shape index (κ3) is 2.53. The summed E-state index contributed by atoms with van der Waals surface area (Å²) >= 11 is 0. The van der Waals surface area contributed by atoms with Crippen LogP contribution < -0.4 is 10.5 Å². The predicted molar refractivity (Wildman–Crippen MR) is 60.7 cm³/mol. The minimum atomic E-state index is -3.71. The third-order valence-electron chi connectivity index (χ3n) is 1.93. The van der Waals surface area contributed by atoms with Crippen molar-refractivity contribution in [2.45, 2.75) is 11.8 Å². The van der Waals surface area contributed by atoms with Crippen LogP contribution in [0, 0.1) is 6.92 Å². The van der Waals surface area contributed by atoms with Crippen LogP contribution in [0.5, 0.6) is 0 Å². The first-order chi connectivity index (χ1) is 7.97. The molecule has 0 aliphatic rings. The van der Waals surface area contributed by atoms with Crippen molar-refractivity contribution < 1.29 is 12.9 Å². The van der Waals surface area contributed by atoms with Crippen molar-refractivity contribution in [2.24, 2.45) is 0 Å². The number of hydrogen-bond donors (Lipinski definition) is 2. The lowest BCUT2D eigenvalue weighted by Gasteiger charge is -2.04. The molecule has 0 amide bonds. The SMILES string of the molecule is Cc1cc(NS(=O)(=O)c2ccnc(N)c2)no1. The number of nitrogen functional groups attached to an aromatic ring is 1.